The van der Waals surface area contributed by atoms with E-state index in [4.69, 9.17) is 9.47 Å². The average Bonchev–Trinajstić information content (AvgIpc) is 3.09. The summed E-state index contributed by atoms with van der Waals surface area (Å²) in [5.41, 5.74) is 0.837. The van der Waals surface area contributed by atoms with Crippen molar-refractivity contribution < 1.29 is 14.3 Å². The van der Waals surface area contributed by atoms with Crippen molar-refractivity contribution in [3.05, 3.63) is 54.6 Å². The Hall–Kier alpha value is -3.35. The summed E-state index contributed by atoms with van der Waals surface area (Å²) in [6, 6.07) is 16.5. The van der Waals surface area contributed by atoms with Gasteiger partial charge in [0, 0.05) is 5.56 Å². The second-order valence-corrected chi connectivity index (χ2v) is 4.89. The highest BCUT2D eigenvalue weighted by Crippen LogP contribution is 2.19. The molecule has 3 aromatic rings. The van der Waals surface area contributed by atoms with Crippen LogP contribution in [-0.2, 0) is 4.79 Å². The molecule has 2 N–H and O–H groups in total. The fourth-order valence-corrected chi connectivity index (χ4v) is 2.02. The minimum atomic E-state index is -0.334. The van der Waals surface area contributed by atoms with Gasteiger partial charge in [-0.2, -0.15) is 4.98 Å². The molecule has 1 amide bonds. The first-order valence-corrected chi connectivity index (χ1v) is 7.29. The van der Waals surface area contributed by atoms with Crippen molar-refractivity contribution in [2.45, 2.75) is 0 Å². The van der Waals surface area contributed by atoms with Gasteiger partial charge >= 0.3 is 0 Å². The molecule has 122 valence electrons. The molecule has 0 bridgehead atoms. The average molecular weight is 324 g/mol. The first kappa shape index (κ1) is 15.5. The van der Waals surface area contributed by atoms with Crippen LogP contribution in [0.2, 0.25) is 0 Å². The zero-order valence-electron chi connectivity index (χ0n) is 13.0. The Bertz CT molecular complexity index is 800. The second-order valence-electron chi connectivity index (χ2n) is 4.89. The number of hydrogen-bond donors (Lipinski definition) is 2. The lowest BCUT2D eigenvalue weighted by Crippen LogP contribution is -2.20. The minimum Gasteiger partial charge on any atom is -0.497 e. The molecule has 0 aliphatic heterocycles. The Balaban J connectivity index is 1.58. The van der Waals surface area contributed by atoms with Crippen molar-refractivity contribution in [3.8, 4) is 22.9 Å². The highest BCUT2D eigenvalue weighted by molar-refractivity contribution is 5.90. The van der Waals surface area contributed by atoms with Gasteiger partial charge in [-0.15, -0.1) is 5.10 Å². The predicted octanol–water partition coefficient (Wildman–Crippen LogP) is 2.50. The number of para-hydroxylation sites is 1. The minimum absolute atomic E-state index is 0.115. The second kappa shape index (κ2) is 7.28. The summed E-state index contributed by atoms with van der Waals surface area (Å²) in [5.74, 6) is 1.80. The summed E-state index contributed by atoms with van der Waals surface area (Å²) in [6.45, 7) is -0.115. The molecule has 7 nitrogen and oxygen atoms in total. The van der Waals surface area contributed by atoms with Crippen LogP contribution in [-0.4, -0.2) is 34.8 Å². The fraction of sp³-hybridized carbons (Fsp3) is 0.118. The van der Waals surface area contributed by atoms with Crippen molar-refractivity contribution in [2.75, 3.05) is 19.0 Å². The highest BCUT2D eigenvalue weighted by atomic mass is 16.5. The lowest BCUT2D eigenvalue weighted by atomic mass is 10.2. The van der Waals surface area contributed by atoms with Crippen LogP contribution in [0.3, 0.4) is 0 Å². The fourth-order valence-electron chi connectivity index (χ4n) is 2.02. The number of carbonyl (C=O) groups is 1. The van der Waals surface area contributed by atoms with Crippen LogP contribution in [0.15, 0.2) is 54.6 Å². The smallest absolute Gasteiger partial charge is 0.264 e. The molecular formula is C17H16N4O3. The number of anilines is 1. The van der Waals surface area contributed by atoms with Crippen LogP contribution in [0.1, 0.15) is 0 Å². The number of nitrogens with one attached hydrogen (secondary N) is 2. The van der Waals surface area contributed by atoms with Gasteiger partial charge in [-0.1, -0.05) is 18.2 Å². The van der Waals surface area contributed by atoms with E-state index in [2.05, 4.69) is 20.5 Å². The molecule has 1 heterocycles. The van der Waals surface area contributed by atoms with Crippen LogP contribution >= 0.6 is 0 Å². The van der Waals surface area contributed by atoms with Crippen LogP contribution in [0.4, 0.5) is 5.95 Å². The Morgan fingerprint density at radius 3 is 2.54 bits per heavy atom. The third-order valence-corrected chi connectivity index (χ3v) is 3.21. The molecule has 0 radical (unpaired) electrons. The summed E-state index contributed by atoms with van der Waals surface area (Å²) >= 11 is 0. The van der Waals surface area contributed by atoms with Gasteiger partial charge in [-0.3, -0.25) is 15.2 Å². The number of carbonyl (C=O) groups excluding carboxylic acids is 1. The van der Waals surface area contributed by atoms with E-state index in [0.29, 0.717) is 11.6 Å². The van der Waals surface area contributed by atoms with E-state index in [9.17, 15) is 4.79 Å². The molecule has 3 rings (SSSR count). The maximum Gasteiger partial charge on any atom is 0.264 e. The molecule has 0 atom stereocenters. The summed E-state index contributed by atoms with van der Waals surface area (Å²) in [4.78, 5) is 16.1. The van der Waals surface area contributed by atoms with Gasteiger partial charge in [-0.25, -0.2) is 0 Å². The number of aromatic nitrogens is 3. The first-order valence-electron chi connectivity index (χ1n) is 7.29. The maximum absolute atomic E-state index is 11.9. The van der Waals surface area contributed by atoms with Gasteiger partial charge in [0.25, 0.3) is 5.91 Å². The number of benzene rings is 2. The standard InChI is InChI=1S/C17H16N4O3/c1-23-13-9-7-12(8-10-13)16-19-17(21-20-16)18-15(22)11-24-14-5-3-2-4-6-14/h2-10H,11H2,1H3,(H2,18,19,20,21,22). The van der Waals surface area contributed by atoms with Crippen molar-refractivity contribution in [1.29, 1.82) is 0 Å². The van der Waals surface area contributed by atoms with Gasteiger partial charge in [0.05, 0.1) is 7.11 Å². The van der Waals surface area contributed by atoms with Crippen molar-refractivity contribution in [3.63, 3.8) is 0 Å². The third-order valence-electron chi connectivity index (χ3n) is 3.21. The highest BCUT2D eigenvalue weighted by Gasteiger charge is 2.09. The Morgan fingerprint density at radius 2 is 1.83 bits per heavy atom. The number of H-pyrrole nitrogens is 1. The zero-order valence-corrected chi connectivity index (χ0v) is 13.0. The molecule has 7 heteroatoms. The van der Waals surface area contributed by atoms with E-state index in [0.717, 1.165) is 11.3 Å². The molecule has 0 spiro atoms. The number of aromatic amines is 1. The molecule has 0 saturated carbocycles. The molecule has 0 aliphatic carbocycles. The Labute approximate surface area is 138 Å². The van der Waals surface area contributed by atoms with Gasteiger partial charge < -0.3 is 9.47 Å². The number of rotatable bonds is 6. The van der Waals surface area contributed by atoms with Gasteiger partial charge in [-0.05, 0) is 36.4 Å². The maximum atomic E-state index is 11.9. The molecule has 0 unspecified atom stereocenters. The summed E-state index contributed by atoms with van der Waals surface area (Å²) in [6.07, 6.45) is 0. The molecule has 24 heavy (non-hydrogen) atoms. The Kier molecular flexibility index (Phi) is 4.71. The van der Waals surface area contributed by atoms with Crippen molar-refractivity contribution in [1.82, 2.24) is 15.2 Å². The molecular weight excluding hydrogens is 308 g/mol. The predicted molar refractivity (Wildman–Crippen MR) is 88.9 cm³/mol. The normalized spacial score (nSPS) is 10.2. The molecule has 1 aromatic heterocycles. The number of nitrogens with zero attached hydrogens (tertiary/aromatic N) is 2. The first-order chi connectivity index (χ1) is 11.7. The number of hydrogen-bond acceptors (Lipinski definition) is 5. The molecule has 0 fully saturated rings. The van der Waals surface area contributed by atoms with E-state index < -0.39 is 0 Å². The van der Waals surface area contributed by atoms with Crippen molar-refractivity contribution in [2.24, 2.45) is 0 Å². The number of methoxy groups -OCH3 is 1. The monoisotopic (exact) mass is 324 g/mol. The Morgan fingerprint density at radius 1 is 1.08 bits per heavy atom. The van der Waals surface area contributed by atoms with E-state index in [-0.39, 0.29) is 18.5 Å². The van der Waals surface area contributed by atoms with Crippen LogP contribution in [0.25, 0.3) is 11.4 Å². The number of ether oxygens (including phenoxy) is 2. The summed E-state index contributed by atoms with van der Waals surface area (Å²) in [7, 11) is 1.61. The molecule has 0 aliphatic rings. The van der Waals surface area contributed by atoms with Crippen molar-refractivity contribution >= 4 is 11.9 Å². The van der Waals surface area contributed by atoms with E-state index in [1.54, 1.807) is 19.2 Å². The number of amides is 1. The topological polar surface area (TPSA) is 89.1 Å². The SMILES string of the molecule is COc1ccc(-c2nc(NC(=O)COc3ccccc3)n[nH]2)cc1. The van der Waals surface area contributed by atoms with Crippen LogP contribution in [0.5, 0.6) is 11.5 Å². The summed E-state index contributed by atoms with van der Waals surface area (Å²) < 4.78 is 10.5. The third kappa shape index (κ3) is 3.89. The summed E-state index contributed by atoms with van der Waals surface area (Å²) in [5, 5.41) is 9.34. The lowest BCUT2D eigenvalue weighted by Gasteiger charge is -2.04. The molecule has 2 aromatic carbocycles. The van der Waals surface area contributed by atoms with Gasteiger partial charge in [0.2, 0.25) is 5.95 Å². The van der Waals surface area contributed by atoms with E-state index in [1.807, 2.05) is 42.5 Å². The van der Waals surface area contributed by atoms with E-state index in [1.165, 1.54) is 0 Å². The zero-order chi connectivity index (χ0) is 16.8. The largest absolute Gasteiger partial charge is 0.497 e. The quantitative estimate of drug-likeness (QED) is 0.727. The van der Waals surface area contributed by atoms with Crippen LogP contribution in [0, 0.1) is 0 Å². The lowest BCUT2D eigenvalue weighted by molar-refractivity contribution is -0.118. The van der Waals surface area contributed by atoms with E-state index >= 15 is 0 Å². The van der Waals surface area contributed by atoms with Gasteiger partial charge in [0.1, 0.15) is 11.5 Å². The molecule has 0 saturated heterocycles. The van der Waals surface area contributed by atoms with Crippen LogP contribution < -0.4 is 14.8 Å². The van der Waals surface area contributed by atoms with Gasteiger partial charge in [0.15, 0.2) is 12.4 Å².